The summed E-state index contributed by atoms with van der Waals surface area (Å²) in [6, 6.07) is 10.0. The van der Waals surface area contributed by atoms with E-state index < -0.39 is 0 Å². The lowest BCUT2D eigenvalue weighted by atomic mass is 9.95. The maximum absolute atomic E-state index is 12.0. The molecular weight excluding hydrogens is 304 g/mol. The molecule has 1 aliphatic carbocycles. The molecule has 0 amide bonds. The summed E-state index contributed by atoms with van der Waals surface area (Å²) in [7, 11) is 1.47. The minimum atomic E-state index is -0.114. The molecular formula is C18H24N4O2. The molecule has 2 aromatic rings. The number of aromatic nitrogens is 3. The Hall–Kier alpha value is -2.21. The van der Waals surface area contributed by atoms with E-state index in [2.05, 4.69) is 15.4 Å². The maximum atomic E-state index is 12.0. The Kier molecular flexibility index (Phi) is 5.59. The van der Waals surface area contributed by atoms with E-state index in [-0.39, 0.29) is 17.9 Å². The average molecular weight is 328 g/mol. The topological polar surface area (TPSA) is 69.0 Å². The molecule has 6 nitrogen and oxygen atoms in total. The summed E-state index contributed by atoms with van der Waals surface area (Å²) >= 11 is 0. The molecule has 2 atom stereocenters. The first-order chi connectivity index (χ1) is 11.8. The Balaban J connectivity index is 1.63. The van der Waals surface area contributed by atoms with Gasteiger partial charge in [-0.15, -0.1) is 5.10 Å². The van der Waals surface area contributed by atoms with Crippen molar-refractivity contribution in [1.29, 1.82) is 0 Å². The standard InChI is InChI=1S/C18H24N4O2/c1-24-18(23)15-10-6-3-7-11-16(15)19-12-17-20-13-22(21-17)14-8-4-2-5-9-14/h2,4-5,8-9,13,15-16,19H,3,6-7,10-12H2,1H3/t15-,16+/m1/s1. The molecule has 0 spiro atoms. The second-order valence-corrected chi connectivity index (χ2v) is 6.20. The summed E-state index contributed by atoms with van der Waals surface area (Å²) in [4.78, 5) is 16.4. The number of para-hydroxylation sites is 1. The fourth-order valence-corrected chi connectivity index (χ4v) is 3.29. The lowest BCUT2D eigenvalue weighted by Gasteiger charge is -2.23. The first kappa shape index (κ1) is 16.6. The summed E-state index contributed by atoms with van der Waals surface area (Å²) in [6.45, 7) is 0.554. The fraction of sp³-hybridized carbons (Fsp3) is 0.500. The van der Waals surface area contributed by atoms with Crippen LogP contribution in [-0.2, 0) is 16.1 Å². The van der Waals surface area contributed by atoms with Crippen molar-refractivity contribution < 1.29 is 9.53 Å². The highest BCUT2D eigenvalue weighted by atomic mass is 16.5. The lowest BCUT2D eigenvalue weighted by Crippen LogP contribution is -2.39. The van der Waals surface area contributed by atoms with E-state index in [1.165, 1.54) is 13.5 Å². The number of nitrogens with one attached hydrogen (secondary N) is 1. The quantitative estimate of drug-likeness (QED) is 0.674. The Morgan fingerprint density at radius 2 is 2.04 bits per heavy atom. The van der Waals surface area contributed by atoms with Gasteiger partial charge in [-0.2, -0.15) is 0 Å². The van der Waals surface area contributed by atoms with Crippen LogP contribution in [0.5, 0.6) is 0 Å². The van der Waals surface area contributed by atoms with Crippen molar-refractivity contribution in [3.05, 3.63) is 42.5 Å². The molecule has 128 valence electrons. The Labute approximate surface area is 142 Å². The summed E-state index contributed by atoms with van der Waals surface area (Å²) in [6.07, 6.45) is 6.98. The van der Waals surface area contributed by atoms with Crippen LogP contribution < -0.4 is 5.32 Å². The number of esters is 1. The van der Waals surface area contributed by atoms with Crippen molar-refractivity contribution in [3.63, 3.8) is 0 Å². The smallest absolute Gasteiger partial charge is 0.310 e. The minimum Gasteiger partial charge on any atom is -0.469 e. The summed E-state index contributed by atoms with van der Waals surface area (Å²) in [5.41, 5.74) is 0.984. The molecule has 0 bridgehead atoms. The first-order valence-corrected chi connectivity index (χ1v) is 8.55. The van der Waals surface area contributed by atoms with Crippen LogP contribution in [-0.4, -0.2) is 33.9 Å². The third kappa shape index (κ3) is 4.00. The second-order valence-electron chi connectivity index (χ2n) is 6.20. The molecule has 0 saturated heterocycles. The van der Waals surface area contributed by atoms with Gasteiger partial charge in [0.05, 0.1) is 25.3 Å². The van der Waals surface area contributed by atoms with E-state index in [4.69, 9.17) is 4.74 Å². The van der Waals surface area contributed by atoms with Gasteiger partial charge in [0.2, 0.25) is 0 Å². The zero-order valence-corrected chi connectivity index (χ0v) is 14.0. The summed E-state index contributed by atoms with van der Waals surface area (Å²) in [5.74, 6) is 0.539. The van der Waals surface area contributed by atoms with E-state index in [1.807, 2.05) is 30.3 Å². The summed E-state index contributed by atoms with van der Waals surface area (Å²) < 4.78 is 6.74. The third-order valence-electron chi connectivity index (χ3n) is 4.60. The average Bonchev–Trinajstić information content (AvgIpc) is 2.98. The molecule has 1 saturated carbocycles. The van der Waals surface area contributed by atoms with Gasteiger partial charge in [-0.25, -0.2) is 9.67 Å². The predicted octanol–water partition coefficient (Wildman–Crippen LogP) is 2.48. The Morgan fingerprint density at radius 1 is 1.25 bits per heavy atom. The summed E-state index contributed by atoms with van der Waals surface area (Å²) in [5, 5.41) is 7.97. The molecule has 1 aromatic carbocycles. The van der Waals surface area contributed by atoms with Crippen molar-refractivity contribution in [2.45, 2.75) is 44.7 Å². The van der Waals surface area contributed by atoms with Crippen molar-refractivity contribution in [3.8, 4) is 5.69 Å². The fourth-order valence-electron chi connectivity index (χ4n) is 3.29. The molecule has 24 heavy (non-hydrogen) atoms. The van der Waals surface area contributed by atoms with Gasteiger partial charge in [0, 0.05) is 6.04 Å². The molecule has 0 aliphatic heterocycles. The number of nitrogens with zero attached hydrogens (tertiary/aromatic N) is 3. The van der Waals surface area contributed by atoms with Gasteiger partial charge in [0.15, 0.2) is 5.82 Å². The number of carbonyl (C=O) groups is 1. The van der Waals surface area contributed by atoms with E-state index in [0.717, 1.165) is 37.2 Å². The van der Waals surface area contributed by atoms with Crippen LogP contribution in [0.1, 0.15) is 37.9 Å². The van der Waals surface area contributed by atoms with Crippen LogP contribution in [0.25, 0.3) is 5.69 Å². The maximum Gasteiger partial charge on any atom is 0.310 e. The molecule has 1 heterocycles. The monoisotopic (exact) mass is 328 g/mol. The third-order valence-corrected chi connectivity index (χ3v) is 4.60. The molecule has 0 radical (unpaired) electrons. The highest BCUT2D eigenvalue weighted by Gasteiger charge is 2.30. The molecule has 0 unspecified atom stereocenters. The number of carbonyl (C=O) groups excluding carboxylic acids is 1. The van der Waals surface area contributed by atoms with Crippen molar-refractivity contribution in [2.75, 3.05) is 7.11 Å². The van der Waals surface area contributed by atoms with Crippen LogP contribution in [0.15, 0.2) is 36.7 Å². The van der Waals surface area contributed by atoms with Crippen molar-refractivity contribution in [2.24, 2.45) is 5.92 Å². The normalized spacial score (nSPS) is 21.2. The van der Waals surface area contributed by atoms with Crippen LogP contribution in [0.2, 0.25) is 0 Å². The van der Waals surface area contributed by atoms with E-state index >= 15 is 0 Å². The molecule has 6 heteroatoms. The highest BCUT2D eigenvalue weighted by Crippen LogP contribution is 2.24. The van der Waals surface area contributed by atoms with Gasteiger partial charge in [-0.05, 0) is 25.0 Å². The van der Waals surface area contributed by atoms with Crippen molar-refractivity contribution >= 4 is 5.97 Å². The van der Waals surface area contributed by atoms with Gasteiger partial charge in [0.1, 0.15) is 6.33 Å². The molecule has 1 N–H and O–H groups in total. The van der Waals surface area contributed by atoms with Gasteiger partial charge in [-0.1, -0.05) is 37.5 Å². The minimum absolute atomic E-state index is 0.0753. The van der Waals surface area contributed by atoms with E-state index in [1.54, 1.807) is 11.0 Å². The molecule has 1 fully saturated rings. The number of rotatable bonds is 5. The number of methoxy groups -OCH3 is 1. The molecule has 1 aromatic heterocycles. The number of hydrogen-bond donors (Lipinski definition) is 1. The van der Waals surface area contributed by atoms with Gasteiger partial charge in [0.25, 0.3) is 0 Å². The van der Waals surface area contributed by atoms with Crippen LogP contribution in [0.4, 0.5) is 0 Å². The van der Waals surface area contributed by atoms with E-state index in [9.17, 15) is 4.79 Å². The SMILES string of the molecule is COC(=O)[C@@H]1CCCCC[C@@H]1NCc1ncn(-c2ccccc2)n1. The first-order valence-electron chi connectivity index (χ1n) is 8.55. The van der Waals surface area contributed by atoms with Crippen LogP contribution >= 0.6 is 0 Å². The molecule has 1 aliphatic rings. The largest absolute Gasteiger partial charge is 0.469 e. The number of benzene rings is 1. The van der Waals surface area contributed by atoms with Crippen LogP contribution in [0, 0.1) is 5.92 Å². The Morgan fingerprint density at radius 3 is 2.83 bits per heavy atom. The van der Waals surface area contributed by atoms with Gasteiger partial charge < -0.3 is 10.1 Å². The van der Waals surface area contributed by atoms with Gasteiger partial charge in [-0.3, -0.25) is 4.79 Å². The Bertz CT molecular complexity index is 656. The van der Waals surface area contributed by atoms with Crippen molar-refractivity contribution in [1.82, 2.24) is 20.1 Å². The second kappa shape index (κ2) is 8.06. The van der Waals surface area contributed by atoms with Gasteiger partial charge >= 0.3 is 5.97 Å². The highest BCUT2D eigenvalue weighted by molar-refractivity contribution is 5.73. The van der Waals surface area contributed by atoms with Crippen LogP contribution in [0.3, 0.4) is 0 Å². The zero-order chi connectivity index (χ0) is 16.8. The lowest BCUT2D eigenvalue weighted by molar-refractivity contribution is -0.146. The zero-order valence-electron chi connectivity index (χ0n) is 14.0. The predicted molar refractivity (Wildman–Crippen MR) is 90.6 cm³/mol. The number of hydrogen-bond acceptors (Lipinski definition) is 5. The number of ether oxygens (including phenoxy) is 1. The van der Waals surface area contributed by atoms with E-state index in [0.29, 0.717) is 6.54 Å². The molecule has 3 rings (SSSR count).